The molecule has 9 heteroatoms. The van der Waals surface area contributed by atoms with Crippen molar-refractivity contribution in [2.24, 2.45) is 0 Å². The van der Waals surface area contributed by atoms with Gasteiger partial charge in [-0.1, -0.05) is 18.2 Å². The maximum atomic E-state index is 13.1. The Morgan fingerprint density at radius 1 is 1.14 bits per heavy atom. The number of carboxylic acid groups (broad SMARTS) is 1. The Kier molecular flexibility index (Phi) is 5.95. The van der Waals surface area contributed by atoms with E-state index >= 15 is 0 Å². The molecular formula is C20H21F3N2O4. The van der Waals surface area contributed by atoms with E-state index in [1.807, 2.05) is 6.08 Å². The number of rotatable bonds is 3. The Hall–Kier alpha value is -2.84. The Balaban J connectivity index is 1.83. The molecule has 29 heavy (non-hydrogen) atoms. The van der Waals surface area contributed by atoms with Crippen molar-refractivity contribution in [3.05, 3.63) is 47.5 Å². The van der Waals surface area contributed by atoms with E-state index in [1.165, 1.54) is 11.0 Å². The van der Waals surface area contributed by atoms with Crippen LogP contribution in [0.1, 0.15) is 48.0 Å². The number of nitrogens with zero attached hydrogens (tertiary/aromatic N) is 1. The van der Waals surface area contributed by atoms with Crippen LogP contribution < -0.4 is 5.32 Å². The predicted molar refractivity (Wildman–Crippen MR) is 97.0 cm³/mol. The minimum atomic E-state index is -4.59. The first-order valence-corrected chi connectivity index (χ1v) is 9.36. The molecule has 2 N–H and O–H groups in total. The second-order valence-electron chi connectivity index (χ2n) is 7.23. The number of hydrogen-bond acceptors (Lipinski definition) is 3. The Morgan fingerprint density at radius 2 is 1.86 bits per heavy atom. The summed E-state index contributed by atoms with van der Waals surface area (Å²) in [6.07, 6.45) is 1.33. The van der Waals surface area contributed by atoms with Gasteiger partial charge >= 0.3 is 12.1 Å². The van der Waals surface area contributed by atoms with Crippen molar-refractivity contribution in [3.8, 4) is 0 Å². The fourth-order valence-corrected chi connectivity index (χ4v) is 3.85. The van der Waals surface area contributed by atoms with E-state index in [0.717, 1.165) is 18.2 Å². The van der Waals surface area contributed by atoms with Crippen molar-refractivity contribution in [2.45, 2.75) is 56.4 Å². The zero-order valence-electron chi connectivity index (χ0n) is 15.5. The zero-order chi connectivity index (χ0) is 21.2. The minimum absolute atomic E-state index is 0.138. The third-order valence-corrected chi connectivity index (χ3v) is 5.29. The van der Waals surface area contributed by atoms with Crippen LogP contribution in [0, 0.1) is 0 Å². The third kappa shape index (κ3) is 4.60. The molecule has 1 fully saturated rings. The number of carboxylic acids is 1. The molecular weight excluding hydrogens is 389 g/mol. The Labute approximate surface area is 165 Å². The van der Waals surface area contributed by atoms with Crippen LogP contribution in [0.25, 0.3) is 0 Å². The molecule has 1 saturated heterocycles. The highest BCUT2D eigenvalue weighted by atomic mass is 19.4. The summed E-state index contributed by atoms with van der Waals surface area (Å²) in [5.41, 5.74) is -1.18. The first-order chi connectivity index (χ1) is 13.7. The second kappa shape index (κ2) is 8.26. The molecule has 3 rings (SSSR count). The fourth-order valence-electron chi connectivity index (χ4n) is 3.85. The van der Waals surface area contributed by atoms with Crippen LogP contribution in [-0.2, 0) is 15.8 Å². The number of benzene rings is 1. The Bertz CT molecular complexity index is 837. The first-order valence-electron chi connectivity index (χ1n) is 9.36. The van der Waals surface area contributed by atoms with E-state index in [-0.39, 0.29) is 18.0 Å². The monoisotopic (exact) mass is 410 g/mol. The van der Waals surface area contributed by atoms with Crippen LogP contribution in [0.4, 0.5) is 13.2 Å². The number of hydrogen-bond donors (Lipinski definition) is 2. The molecule has 3 atom stereocenters. The van der Waals surface area contributed by atoms with Gasteiger partial charge in [-0.15, -0.1) is 0 Å². The molecule has 0 spiro atoms. The van der Waals surface area contributed by atoms with Crippen molar-refractivity contribution >= 4 is 17.8 Å². The van der Waals surface area contributed by atoms with E-state index in [0.29, 0.717) is 25.7 Å². The molecule has 2 heterocycles. The van der Waals surface area contributed by atoms with E-state index in [1.54, 1.807) is 6.08 Å². The second-order valence-corrected chi connectivity index (χ2v) is 7.23. The average molecular weight is 410 g/mol. The first kappa shape index (κ1) is 20.9. The van der Waals surface area contributed by atoms with E-state index in [4.69, 9.17) is 0 Å². The Morgan fingerprint density at radius 3 is 2.55 bits per heavy atom. The van der Waals surface area contributed by atoms with Crippen molar-refractivity contribution in [3.63, 3.8) is 0 Å². The largest absolute Gasteiger partial charge is 0.480 e. The molecule has 2 aliphatic rings. The topological polar surface area (TPSA) is 86.7 Å². The SMILES string of the molecule is O=C(NC1CC=CCC2CCCC(C(=O)O)N2C1=O)c1cccc(C(F)(F)F)c1. The number of aliphatic carboxylic acids is 1. The highest BCUT2D eigenvalue weighted by molar-refractivity contribution is 5.98. The lowest BCUT2D eigenvalue weighted by Crippen LogP contribution is -2.59. The molecule has 2 aliphatic heterocycles. The summed E-state index contributed by atoms with van der Waals surface area (Å²) in [5.74, 6) is -2.44. The van der Waals surface area contributed by atoms with E-state index < -0.39 is 41.6 Å². The van der Waals surface area contributed by atoms with Crippen molar-refractivity contribution in [1.29, 1.82) is 0 Å². The molecule has 1 aromatic rings. The lowest BCUT2D eigenvalue weighted by atomic mass is 9.90. The van der Waals surface area contributed by atoms with Gasteiger partial charge in [-0.3, -0.25) is 9.59 Å². The number of carbonyl (C=O) groups excluding carboxylic acids is 2. The normalized spacial score (nSPS) is 25.0. The van der Waals surface area contributed by atoms with Gasteiger partial charge in [-0.25, -0.2) is 4.79 Å². The van der Waals surface area contributed by atoms with Gasteiger partial charge in [-0.05, 0) is 50.3 Å². The molecule has 0 aromatic heterocycles. The van der Waals surface area contributed by atoms with Gasteiger partial charge in [0.05, 0.1) is 5.56 Å². The van der Waals surface area contributed by atoms with Gasteiger partial charge in [0.1, 0.15) is 12.1 Å². The molecule has 3 unspecified atom stereocenters. The van der Waals surface area contributed by atoms with Crippen LogP contribution >= 0.6 is 0 Å². The maximum Gasteiger partial charge on any atom is 0.416 e. The number of amides is 2. The third-order valence-electron chi connectivity index (χ3n) is 5.29. The molecule has 0 saturated carbocycles. The van der Waals surface area contributed by atoms with Crippen LogP contribution in [0.3, 0.4) is 0 Å². The van der Waals surface area contributed by atoms with Gasteiger partial charge < -0.3 is 15.3 Å². The van der Waals surface area contributed by atoms with Gasteiger partial charge in [0.2, 0.25) is 5.91 Å². The zero-order valence-corrected chi connectivity index (χ0v) is 15.5. The molecule has 0 radical (unpaired) electrons. The molecule has 2 amide bonds. The number of fused-ring (bicyclic) bond motifs is 1. The number of piperidine rings is 1. The van der Waals surface area contributed by atoms with Gasteiger partial charge in [0.25, 0.3) is 5.91 Å². The predicted octanol–water partition coefficient (Wildman–Crippen LogP) is 2.99. The maximum absolute atomic E-state index is 13.1. The van der Waals surface area contributed by atoms with Gasteiger partial charge in [-0.2, -0.15) is 13.2 Å². The summed E-state index contributed by atoms with van der Waals surface area (Å²) >= 11 is 0. The molecule has 1 aromatic carbocycles. The smallest absolute Gasteiger partial charge is 0.416 e. The lowest BCUT2D eigenvalue weighted by Gasteiger charge is -2.42. The number of alkyl halides is 3. The summed E-state index contributed by atoms with van der Waals surface area (Å²) in [7, 11) is 0. The summed E-state index contributed by atoms with van der Waals surface area (Å²) in [4.78, 5) is 38.6. The molecule has 0 aliphatic carbocycles. The summed E-state index contributed by atoms with van der Waals surface area (Å²) in [6, 6.07) is 1.65. The summed E-state index contributed by atoms with van der Waals surface area (Å²) in [6.45, 7) is 0. The lowest BCUT2D eigenvalue weighted by molar-refractivity contribution is -0.156. The van der Waals surface area contributed by atoms with Crippen LogP contribution in [-0.4, -0.2) is 45.9 Å². The summed E-state index contributed by atoms with van der Waals surface area (Å²) in [5, 5.41) is 12.0. The van der Waals surface area contributed by atoms with Crippen molar-refractivity contribution < 1.29 is 32.7 Å². The number of nitrogens with one attached hydrogen (secondary N) is 1. The molecule has 156 valence electrons. The molecule has 6 nitrogen and oxygen atoms in total. The standard InChI is InChI=1S/C20H21F3N2O4/c21-20(22,23)13-6-3-5-12(11-13)17(26)24-15-9-2-1-7-14-8-4-10-16(19(28)29)25(14)18(15)27/h1-3,5-6,11,14-16H,4,7-10H2,(H,24,26)(H,28,29). The minimum Gasteiger partial charge on any atom is -0.480 e. The summed E-state index contributed by atoms with van der Waals surface area (Å²) < 4.78 is 38.7. The molecule has 0 bridgehead atoms. The van der Waals surface area contributed by atoms with Crippen molar-refractivity contribution in [1.82, 2.24) is 10.2 Å². The fraction of sp³-hybridized carbons (Fsp3) is 0.450. The van der Waals surface area contributed by atoms with E-state index in [2.05, 4.69) is 5.32 Å². The van der Waals surface area contributed by atoms with Crippen molar-refractivity contribution in [2.75, 3.05) is 0 Å². The highest BCUT2D eigenvalue weighted by Crippen LogP contribution is 2.30. The number of halogens is 3. The van der Waals surface area contributed by atoms with Gasteiger partial charge in [0, 0.05) is 11.6 Å². The van der Waals surface area contributed by atoms with Crippen LogP contribution in [0.5, 0.6) is 0 Å². The van der Waals surface area contributed by atoms with Crippen LogP contribution in [0.2, 0.25) is 0 Å². The van der Waals surface area contributed by atoms with E-state index in [9.17, 15) is 32.7 Å². The number of carbonyl (C=O) groups is 3. The van der Waals surface area contributed by atoms with Crippen LogP contribution in [0.15, 0.2) is 36.4 Å². The quantitative estimate of drug-likeness (QED) is 0.750. The highest BCUT2D eigenvalue weighted by Gasteiger charge is 2.41. The van der Waals surface area contributed by atoms with Gasteiger partial charge in [0.15, 0.2) is 0 Å². The average Bonchev–Trinajstić information content (AvgIpc) is 2.67.